The second-order valence-electron chi connectivity index (χ2n) is 5.90. The van der Waals surface area contributed by atoms with E-state index in [2.05, 4.69) is 0 Å². The maximum atomic E-state index is 12.6. The number of nitrogens with zero attached hydrogens (tertiary/aromatic N) is 2. The Hall–Kier alpha value is -3.65. The van der Waals surface area contributed by atoms with Gasteiger partial charge in [-0.05, 0) is 19.1 Å². The molecule has 134 valence electrons. The summed E-state index contributed by atoms with van der Waals surface area (Å²) in [6.07, 6.45) is 3.33. The summed E-state index contributed by atoms with van der Waals surface area (Å²) in [6.45, 7) is 2.14. The largest absolute Gasteiger partial charge is 0.465 e. The van der Waals surface area contributed by atoms with Crippen LogP contribution in [0.3, 0.4) is 0 Å². The molecule has 0 aliphatic carbocycles. The van der Waals surface area contributed by atoms with Crippen LogP contribution in [0.5, 0.6) is 0 Å². The van der Waals surface area contributed by atoms with E-state index in [1.165, 1.54) is 0 Å². The fourth-order valence-electron chi connectivity index (χ4n) is 2.92. The van der Waals surface area contributed by atoms with Crippen LogP contribution in [0, 0.1) is 11.3 Å². The zero-order chi connectivity index (χ0) is 19.2. The summed E-state index contributed by atoms with van der Waals surface area (Å²) in [6, 6.07) is 18.2. The number of Topliss-reactive ketones (excluding diaryl/α,β-unsaturated/α-hetero) is 1. The first-order valence-corrected chi connectivity index (χ1v) is 8.59. The molecule has 0 atom stereocenters. The number of para-hydroxylation sites is 1. The van der Waals surface area contributed by atoms with Gasteiger partial charge in [-0.2, -0.15) is 5.26 Å². The Kier molecular flexibility index (Phi) is 5.48. The summed E-state index contributed by atoms with van der Waals surface area (Å²) >= 11 is 0. The molecular weight excluding hydrogens is 340 g/mol. The normalized spacial score (nSPS) is 11.2. The van der Waals surface area contributed by atoms with Crippen LogP contribution < -0.4 is 0 Å². The van der Waals surface area contributed by atoms with Crippen LogP contribution in [0.1, 0.15) is 22.8 Å². The maximum Gasteiger partial charge on any atom is 0.325 e. The molecule has 3 rings (SSSR count). The van der Waals surface area contributed by atoms with Gasteiger partial charge in [0.2, 0.25) is 5.78 Å². The minimum atomic E-state index is -0.338. The van der Waals surface area contributed by atoms with Crippen molar-refractivity contribution in [2.24, 2.45) is 0 Å². The van der Waals surface area contributed by atoms with E-state index in [1.807, 2.05) is 36.4 Å². The molecule has 1 heterocycles. The van der Waals surface area contributed by atoms with Gasteiger partial charge in [-0.15, -0.1) is 0 Å². The van der Waals surface area contributed by atoms with Gasteiger partial charge in [0, 0.05) is 28.2 Å². The summed E-state index contributed by atoms with van der Waals surface area (Å²) in [5.41, 5.74) is 2.04. The first-order valence-electron chi connectivity index (χ1n) is 8.59. The number of carbonyl (C=O) groups is 2. The molecule has 2 aromatic carbocycles. The minimum Gasteiger partial charge on any atom is -0.465 e. The summed E-state index contributed by atoms with van der Waals surface area (Å²) < 4.78 is 6.79. The molecule has 5 nitrogen and oxygen atoms in total. The second-order valence-corrected chi connectivity index (χ2v) is 5.90. The van der Waals surface area contributed by atoms with Crippen LogP contribution in [0.25, 0.3) is 17.0 Å². The molecule has 27 heavy (non-hydrogen) atoms. The first-order chi connectivity index (χ1) is 13.1. The second kappa shape index (κ2) is 8.15. The van der Waals surface area contributed by atoms with Crippen LogP contribution in [-0.4, -0.2) is 22.9 Å². The number of esters is 1. The lowest BCUT2D eigenvalue weighted by Gasteiger charge is -2.04. The number of carbonyl (C=O) groups excluding carboxylic acids is 2. The summed E-state index contributed by atoms with van der Waals surface area (Å²) in [7, 11) is 0. The molecule has 1 aromatic heterocycles. The average Bonchev–Trinajstić information content (AvgIpc) is 3.04. The molecule has 0 fully saturated rings. The number of ketones is 1. The molecule has 0 bridgehead atoms. The van der Waals surface area contributed by atoms with Crippen molar-refractivity contribution in [2.45, 2.75) is 13.5 Å². The lowest BCUT2D eigenvalue weighted by molar-refractivity contribution is -0.143. The van der Waals surface area contributed by atoms with Crippen molar-refractivity contribution >= 4 is 28.7 Å². The molecule has 0 radical (unpaired) electrons. The number of fused-ring (bicyclic) bond motifs is 1. The van der Waals surface area contributed by atoms with Crippen molar-refractivity contribution in [1.29, 1.82) is 5.26 Å². The molecule has 0 amide bonds. The zero-order valence-corrected chi connectivity index (χ0v) is 14.9. The van der Waals surface area contributed by atoms with E-state index in [-0.39, 0.29) is 23.9 Å². The molecule has 0 saturated carbocycles. The fraction of sp³-hybridized carbons (Fsp3) is 0.136. The predicted octanol–water partition coefficient (Wildman–Crippen LogP) is 3.99. The van der Waals surface area contributed by atoms with E-state index in [1.54, 1.807) is 48.0 Å². The molecule has 3 aromatic rings. The van der Waals surface area contributed by atoms with Gasteiger partial charge in [-0.25, -0.2) is 0 Å². The van der Waals surface area contributed by atoms with Crippen molar-refractivity contribution in [1.82, 2.24) is 4.57 Å². The van der Waals surface area contributed by atoms with Gasteiger partial charge in [0.05, 0.1) is 6.61 Å². The molecule has 0 spiro atoms. The van der Waals surface area contributed by atoms with Crippen molar-refractivity contribution in [3.05, 3.63) is 77.5 Å². The highest BCUT2D eigenvalue weighted by molar-refractivity contribution is 6.14. The smallest absolute Gasteiger partial charge is 0.325 e. The molecule has 0 saturated heterocycles. The van der Waals surface area contributed by atoms with Gasteiger partial charge in [-0.1, -0.05) is 48.5 Å². The third-order valence-corrected chi connectivity index (χ3v) is 4.13. The van der Waals surface area contributed by atoms with Gasteiger partial charge in [0.25, 0.3) is 0 Å². The van der Waals surface area contributed by atoms with E-state index in [9.17, 15) is 14.9 Å². The van der Waals surface area contributed by atoms with E-state index >= 15 is 0 Å². The van der Waals surface area contributed by atoms with E-state index in [0.29, 0.717) is 17.7 Å². The van der Waals surface area contributed by atoms with Crippen LogP contribution >= 0.6 is 0 Å². The lowest BCUT2D eigenvalue weighted by atomic mass is 10.0. The molecule has 0 aliphatic rings. The van der Waals surface area contributed by atoms with Crippen LogP contribution in [-0.2, 0) is 16.1 Å². The van der Waals surface area contributed by atoms with Crippen LogP contribution in [0.4, 0.5) is 0 Å². The zero-order valence-electron chi connectivity index (χ0n) is 14.9. The number of benzene rings is 2. The maximum absolute atomic E-state index is 12.6. The molecule has 5 heteroatoms. The SMILES string of the molecule is CCOC(=O)Cn1cc(/C=C(\C#N)C(=O)c2ccccc2)c2ccccc21. The summed E-state index contributed by atoms with van der Waals surface area (Å²) in [4.78, 5) is 24.5. The van der Waals surface area contributed by atoms with E-state index < -0.39 is 0 Å². The summed E-state index contributed by atoms with van der Waals surface area (Å²) in [5.74, 6) is -0.671. The number of hydrogen-bond donors (Lipinski definition) is 0. The molecule has 0 aliphatic heterocycles. The lowest BCUT2D eigenvalue weighted by Crippen LogP contribution is -2.12. The van der Waals surface area contributed by atoms with Crippen molar-refractivity contribution < 1.29 is 14.3 Å². The van der Waals surface area contributed by atoms with Crippen LogP contribution in [0.15, 0.2) is 66.4 Å². The molecular formula is C22H18N2O3. The quantitative estimate of drug-likeness (QED) is 0.289. The Morgan fingerprint density at radius 2 is 1.81 bits per heavy atom. The van der Waals surface area contributed by atoms with Crippen molar-refractivity contribution in [3.63, 3.8) is 0 Å². The number of hydrogen-bond acceptors (Lipinski definition) is 4. The van der Waals surface area contributed by atoms with Crippen molar-refractivity contribution in [2.75, 3.05) is 6.61 Å². The predicted molar refractivity (Wildman–Crippen MR) is 103 cm³/mol. The van der Waals surface area contributed by atoms with Gasteiger partial charge < -0.3 is 9.30 Å². The highest BCUT2D eigenvalue weighted by Crippen LogP contribution is 2.24. The van der Waals surface area contributed by atoms with Gasteiger partial charge in [-0.3, -0.25) is 9.59 Å². The van der Waals surface area contributed by atoms with Gasteiger partial charge in [0.1, 0.15) is 18.2 Å². The molecule has 0 unspecified atom stereocenters. The van der Waals surface area contributed by atoms with Gasteiger partial charge in [0.15, 0.2) is 0 Å². The Balaban J connectivity index is 2.03. The highest BCUT2D eigenvalue weighted by atomic mass is 16.5. The topological polar surface area (TPSA) is 72.1 Å². The van der Waals surface area contributed by atoms with Crippen LogP contribution in [0.2, 0.25) is 0 Å². The third kappa shape index (κ3) is 3.96. The fourth-order valence-corrected chi connectivity index (χ4v) is 2.92. The number of aromatic nitrogens is 1. The van der Waals surface area contributed by atoms with E-state index in [0.717, 1.165) is 10.9 Å². The Morgan fingerprint density at radius 1 is 1.11 bits per heavy atom. The number of ether oxygens (including phenoxy) is 1. The average molecular weight is 358 g/mol. The number of rotatable bonds is 6. The Labute approximate surface area is 157 Å². The first kappa shape index (κ1) is 18.2. The number of allylic oxidation sites excluding steroid dienone is 1. The summed E-state index contributed by atoms with van der Waals surface area (Å²) in [5, 5.41) is 10.4. The highest BCUT2D eigenvalue weighted by Gasteiger charge is 2.15. The minimum absolute atomic E-state index is 0.0419. The Bertz CT molecular complexity index is 1060. The van der Waals surface area contributed by atoms with Crippen molar-refractivity contribution in [3.8, 4) is 6.07 Å². The monoisotopic (exact) mass is 358 g/mol. The number of nitriles is 1. The van der Waals surface area contributed by atoms with Gasteiger partial charge >= 0.3 is 5.97 Å². The Morgan fingerprint density at radius 3 is 2.52 bits per heavy atom. The van der Waals surface area contributed by atoms with E-state index in [4.69, 9.17) is 4.74 Å². The third-order valence-electron chi connectivity index (χ3n) is 4.13. The standard InChI is InChI=1S/C22H18N2O3/c1-2-27-21(25)15-24-14-18(19-10-6-7-11-20(19)24)12-17(13-23)22(26)16-8-4-3-5-9-16/h3-12,14H,2,15H2,1H3/b17-12+. The molecule has 0 N–H and O–H groups in total.